The predicted molar refractivity (Wildman–Crippen MR) is 58.6 cm³/mol. The summed E-state index contributed by atoms with van der Waals surface area (Å²) in [4.78, 5) is 22.6. The van der Waals surface area contributed by atoms with Crippen LogP contribution in [0.2, 0.25) is 0 Å². The molecule has 1 aliphatic heterocycles. The number of nitrogens with one attached hydrogen (secondary N) is 1. The fourth-order valence-electron chi connectivity index (χ4n) is 1.50. The highest BCUT2D eigenvalue weighted by Gasteiger charge is 2.20. The maximum absolute atomic E-state index is 11.4. The Morgan fingerprint density at radius 2 is 1.94 bits per heavy atom. The molecule has 1 aliphatic rings. The van der Waals surface area contributed by atoms with Gasteiger partial charge in [-0.25, -0.2) is 4.79 Å². The summed E-state index contributed by atoms with van der Waals surface area (Å²) in [5, 5.41) is 2.45. The van der Waals surface area contributed by atoms with Crippen molar-refractivity contribution in [2.75, 3.05) is 19.2 Å². The molecule has 0 radical (unpaired) electrons. The van der Waals surface area contributed by atoms with E-state index in [1.54, 1.807) is 0 Å². The molecule has 1 amide bonds. The molecule has 90 valence electrons. The zero-order chi connectivity index (χ0) is 12.4. The van der Waals surface area contributed by atoms with Crippen molar-refractivity contribution in [3.8, 4) is 11.5 Å². The Kier molecular flexibility index (Phi) is 2.86. The second-order valence-electron chi connectivity index (χ2n) is 3.42. The molecule has 1 aromatic carbocycles. The van der Waals surface area contributed by atoms with Crippen molar-refractivity contribution in [2.24, 2.45) is 0 Å². The standard InChI is InChI=1S/C11H11NO5/c1-6(13)7-3-9-10(17-5-16-9)4-8(7)12-11(14)15-2/h3-4H,5H2,1-2H3,(H,12,14). The van der Waals surface area contributed by atoms with Gasteiger partial charge in [0.1, 0.15) is 0 Å². The molecule has 0 saturated heterocycles. The first-order chi connectivity index (χ1) is 8.11. The third kappa shape index (κ3) is 2.15. The number of anilines is 1. The van der Waals surface area contributed by atoms with Crippen molar-refractivity contribution in [1.29, 1.82) is 0 Å². The maximum atomic E-state index is 11.4. The highest BCUT2D eigenvalue weighted by atomic mass is 16.7. The monoisotopic (exact) mass is 237 g/mol. The van der Waals surface area contributed by atoms with Crippen molar-refractivity contribution in [3.63, 3.8) is 0 Å². The number of hydrogen-bond donors (Lipinski definition) is 1. The summed E-state index contributed by atoms with van der Waals surface area (Å²) >= 11 is 0. The Balaban J connectivity index is 2.41. The second kappa shape index (κ2) is 4.32. The van der Waals surface area contributed by atoms with Gasteiger partial charge in [0.05, 0.1) is 12.8 Å². The molecule has 0 bridgehead atoms. The van der Waals surface area contributed by atoms with Gasteiger partial charge in [-0.2, -0.15) is 0 Å². The van der Waals surface area contributed by atoms with Crippen LogP contribution in [-0.2, 0) is 4.74 Å². The van der Waals surface area contributed by atoms with Crippen LogP contribution in [-0.4, -0.2) is 25.8 Å². The molecule has 0 fully saturated rings. The van der Waals surface area contributed by atoms with E-state index < -0.39 is 6.09 Å². The first kappa shape index (κ1) is 11.3. The highest BCUT2D eigenvalue weighted by molar-refractivity contribution is 6.03. The predicted octanol–water partition coefficient (Wildman–Crippen LogP) is 1.80. The molecule has 6 nitrogen and oxygen atoms in total. The van der Waals surface area contributed by atoms with Gasteiger partial charge in [0, 0.05) is 11.6 Å². The molecule has 0 unspecified atom stereocenters. The Hall–Kier alpha value is -2.24. The number of methoxy groups -OCH3 is 1. The number of hydrogen-bond acceptors (Lipinski definition) is 5. The molecule has 6 heteroatoms. The number of ether oxygens (including phenoxy) is 3. The third-order valence-corrected chi connectivity index (χ3v) is 2.31. The number of carbonyl (C=O) groups is 2. The molecule has 17 heavy (non-hydrogen) atoms. The Morgan fingerprint density at radius 3 is 2.53 bits per heavy atom. The number of carbonyl (C=O) groups excluding carboxylic acids is 2. The molecular formula is C11H11NO5. The lowest BCUT2D eigenvalue weighted by molar-refractivity contribution is 0.101. The quantitative estimate of drug-likeness (QED) is 0.794. The van der Waals surface area contributed by atoms with E-state index in [1.165, 1.54) is 26.2 Å². The van der Waals surface area contributed by atoms with Crippen LogP contribution in [0, 0.1) is 0 Å². The van der Waals surface area contributed by atoms with E-state index in [-0.39, 0.29) is 12.6 Å². The Labute approximate surface area is 97.5 Å². The van der Waals surface area contributed by atoms with Crippen LogP contribution in [0.4, 0.5) is 10.5 Å². The van der Waals surface area contributed by atoms with Gasteiger partial charge < -0.3 is 14.2 Å². The number of ketones is 1. The summed E-state index contributed by atoms with van der Waals surface area (Å²) in [5.74, 6) is 0.793. The van der Waals surface area contributed by atoms with Crippen molar-refractivity contribution < 1.29 is 23.8 Å². The van der Waals surface area contributed by atoms with Gasteiger partial charge in [-0.3, -0.25) is 10.1 Å². The lowest BCUT2D eigenvalue weighted by Gasteiger charge is -2.09. The van der Waals surface area contributed by atoms with E-state index in [1.807, 2.05) is 0 Å². The Morgan fingerprint density at radius 1 is 1.29 bits per heavy atom. The molecular weight excluding hydrogens is 226 g/mol. The SMILES string of the molecule is COC(=O)Nc1cc2c(cc1C(C)=O)OCO2. The lowest BCUT2D eigenvalue weighted by Crippen LogP contribution is -2.13. The normalized spacial score (nSPS) is 12.1. The van der Waals surface area contributed by atoms with Crippen molar-refractivity contribution in [1.82, 2.24) is 0 Å². The van der Waals surface area contributed by atoms with Crippen LogP contribution in [0.5, 0.6) is 11.5 Å². The summed E-state index contributed by atoms with van der Waals surface area (Å²) < 4.78 is 14.8. The Bertz CT molecular complexity index is 483. The van der Waals surface area contributed by atoms with Crippen molar-refractivity contribution >= 4 is 17.6 Å². The minimum atomic E-state index is -0.647. The summed E-state index contributed by atoms with van der Waals surface area (Å²) in [6, 6.07) is 3.08. The highest BCUT2D eigenvalue weighted by Crippen LogP contribution is 2.37. The lowest BCUT2D eigenvalue weighted by atomic mass is 10.1. The van der Waals surface area contributed by atoms with Gasteiger partial charge in [0.25, 0.3) is 0 Å². The average Bonchev–Trinajstić information content (AvgIpc) is 2.74. The van der Waals surface area contributed by atoms with Crippen LogP contribution < -0.4 is 14.8 Å². The first-order valence-corrected chi connectivity index (χ1v) is 4.91. The van der Waals surface area contributed by atoms with Gasteiger partial charge in [-0.15, -0.1) is 0 Å². The minimum Gasteiger partial charge on any atom is -0.454 e. The summed E-state index contributed by atoms with van der Waals surface area (Å²) in [6.45, 7) is 1.51. The zero-order valence-corrected chi connectivity index (χ0v) is 9.40. The molecule has 0 aromatic heterocycles. The van der Waals surface area contributed by atoms with E-state index in [9.17, 15) is 9.59 Å². The van der Waals surface area contributed by atoms with E-state index in [2.05, 4.69) is 10.1 Å². The second-order valence-corrected chi connectivity index (χ2v) is 3.42. The van der Waals surface area contributed by atoms with Gasteiger partial charge >= 0.3 is 6.09 Å². The number of fused-ring (bicyclic) bond motifs is 1. The summed E-state index contributed by atoms with van der Waals surface area (Å²) in [6.07, 6.45) is -0.647. The van der Waals surface area contributed by atoms with Crippen LogP contribution in [0.15, 0.2) is 12.1 Å². The van der Waals surface area contributed by atoms with E-state index in [4.69, 9.17) is 9.47 Å². The number of benzene rings is 1. The van der Waals surface area contributed by atoms with E-state index >= 15 is 0 Å². The molecule has 1 N–H and O–H groups in total. The molecule has 0 saturated carbocycles. The van der Waals surface area contributed by atoms with Crippen LogP contribution in [0.25, 0.3) is 0 Å². The summed E-state index contributed by atoms with van der Waals surface area (Å²) in [5.41, 5.74) is 0.688. The van der Waals surface area contributed by atoms with Gasteiger partial charge in [-0.1, -0.05) is 0 Å². The number of Topliss-reactive ketones (excluding diaryl/α,β-unsaturated/α-hetero) is 1. The van der Waals surface area contributed by atoms with E-state index in [0.29, 0.717) is 22.7 Å². The number of amides is 1. The largest absolute Gasteiger partial charge is 0.454 e. The van der Waals surface area contributed by atoms with Crippen LogP contribution in [0.1, 0.15) is 17.3 Å². The van der Waals surface area contributed by atoms with Crippen molar-refractivity contribution in [2.45, 2.75) is 6.92 Å². The van der Waals surface area contributed by atoms with Gasteiger partial charge in [0.15, 0.2) is 17.3 Å². The van der Waals surface area contributed by atoms with Crippen LogP contribution >= 0.6 is 0 Å². The van der Waals surface area contributed by atoms with Gasteiger partial charge in [0.2, 0.25) is 6.79 Å². The topological polar surface area (TPSA) is 73.9 Å². The molecule has 0 atom stereocenters. The third-order valence-electron chi connectivity index (χ3n) is 2.31. The molecule has 0 spiro atoms. The molecule has 1 aromatic rings. The minimum absolute atomic E-state index is 0.106. The summed E-state index contributed by atoms with van der Waals surface area (Å²) in [7, 11) is 1.25. The fourth-order valence-corrected chi connectivity index (χ4v) is 1.50. The number of rotatable bonds is 2. The smallest absolute Gasteiger partial charge is 0.411 e. The van der Waals surface area contributed by atoms with Crippen molar-refractivity contribution in [3.05, 3.63) is 17.7 Å². The molecule has 2 rings (SSSR count). The first-order valence-electron chi connectivity index (χ1n) is 4.91. The fraction of sp³-hybridized carbons (Fsp3) is 0.273. The molecule has 0 aliphatic carbocycles. The maximum Gasteiger partial charge on any atom is 0.411 e. The van der Waals surface area contributed by atoms with Gasteiger partial charge in [-0.05, 0) is 13.0 Å². The average molecular weight is 237 g/mol. The zero-order valence-electron chi connectivity index (χ0n) is 9.40. The van der Waals surface area contributed by atoms with E-state index in [0.717, 1.165) is 0 Å². The molecule has 1 heterocycles. The van der Waals surface area contributed by atoms with Crippen LogP contribution in [0.3, 0.4) is 0 Å².